The summed E-state index contributed by atoms with van der Waals surface area (Å²) >= 11 is 0. The van der Waals surface area contributed by atoms with Gasteiger partial charge < -0.3 is 19.6 Å². The molecule has 34 heavy (non-hydrogen) atoms. The van der Waals surface area contributed by atoms with E-state index >= 15 is 0 Å². The molecule has 0 saturated carbocycles. The van der Waals surface area contributed by atoms with E-state index in [-0.39, 0.29) is 5.76 Å². The fourth-order valence-corrected chi connectivity index (χ4v) is 3.79. The van der Waals surface area contributed by atoms with Gasteiger partial charge >= 0.3 is 0 Å². The Morgan fingerprint density at radius 3 is 2.24 bits per heavy atom. The molecule has 5 heteroatoms. The van der Waals surface area contributed by atoms with Crippen LogP contribution >= 0.6 is 0 Å². The van der Waals surface area contributed by atoms with Gasteiger partial charge in [-0.05, 0) is 41.5 Å². The van der Waals surface area contributed by atoms with Crippen molar-refractivity contribution in [1.29, 1.82) is 0 Å². The predicted octanol–water partition coefficient (Wildman–Crippen LogP) is 6.36. The third-order valence-corrected chi connectivity index (χ3v) is 5.58. The molecule has 0 aliphatic carbocycles. The van der Waals surface area contributed by atoms with Crippen molar-refractivity contribution in [2.24, 2.45) is 0 Å². The van der Waals surface area contributed by atoms with Crippen molar-refractivity contribution >= 4 is 16.7 Å². The van der Waals surface area contributed by atoms with E-state index in [2.05, 4.69) is 5.32 Å². The van der Waals surface area contributed by atoms with Gasteiger partial charge in [0.25, 0.3) is 0 Å². The highest BCUT2D eigenvalue weighted by Gasteiger charge is 2.17. The molecule has 0 amide bonds. The lowest BCUT2D eigenvalue weighted by Gasteiger charge is -2.15. The molecule has 2 N–H and O–H groups in total. The zero-order valence-electron chi connectivity index (χ0n) is 18.4. The summed E-state index contributed by atoms with van der Waals surface area (Å²) < 4.78 is 12.0. The van der Waals surface area contributed by atoms with E-state index in [1.807, 2.05) is 72.8 Å². The molecule has 5 rings (SSSR count). The van der Waals surface area contributed by atoms with Gasteiger partial charge in [-0.15, -0.1) is 0 Å². The average Bonchev–Trinajstić information content (AvgIpc) is 2.90. The third kappa shape index (κ3) is 4.50. The number of ether oxygens (including phenoxy) is 1. The summed E-state index contributed by atoms with van der Waals surface area (Å²) in [5.41, 5.74) is 3.43. The molecule has 0 bridgehead atoms. The SMILES string of the molecule is O=c1c(O)c(-c2ccc(OCc3ccccc3)c(NCc3ccccc3)c2)oc2ccccc12. The van der Waals surface area contributed by atoms with Crippen molar-refractivity contribution in [3.05, 3.63) is 124 Å². The first-order chi connectivity index (χ1) is 16.7. The maximum Gasteiger partial charge on any atom is 0.235 e. The van der Waals surface area contributed by atoms with Crippen LogP contribution in [0.2, 0.25) is 0 Å². The number of benzene rings is 4. The molecule has 1 aromatic heterocycles. The first-order valence-corrected chi connectivity index (χ1v) is 11.0. The van der Waals surface area contributed by atoms with Gasteiger partial charge in [0.1, 0.15) is 17.9 Å². The summed E-state index contributed by atoms with van der Waals surface area (Å²) in [6.45, 7) is 0.996. The second-order valence-electron chi connectivity index (χ2n) is 7.93. The summed E-state index contributed by atoms with van der Waals surface area (Å²) in [7, 11) is 0. The molecule has 5 nitrogen and oxygen atoms in total. The van der Waals surface area contributed by atoms with Gasteiger partial charge in [-0.1, -0.05) is 72.8 Å². The molecule has 168 valence electrons. The Bertz CT molecular complexity index is 1480. The summed E-state index contributed by atoms with van der Waals surface area (Å²) in [5, 5.41) is 14.4. The normalized spacial score (nSPS) is 10.8. The van der Waals surface area contributed by atoms with Crippen molar-refractivity contribution in [2.75, 3.05) is 5.32 Å². The van der Waals surface area contributed by atoms with Crippen molar-refractivity contribution in [3.63, 3.8) is 0 Å². The van der Waals surface area contributed by atoms with Crippen LogP contribution in [0.5, 0.6) is 11.5 Å². The van der Waals surface area contributed by atoms with E-state index in [1.54, 1.807) is 30.3 Å². The van der Waals surface area contributed by atoms with E-state index in [4.69, 9.17) is 9.15 Å². The number of rotatable bonds is 7. The summed E-state index contributed by atoms with van der Waals surface area (Å²) in [5.74, 6) is 0.373. The number of hydrogen-bond acceptors (Lipinski definition) is 5. The Balaban J connectivity index is 1.52. The molecular formula is C29H23NO4. The third-order valence-electron chi connectivity index (χ3n) is 5.58. The van der Waals surface area contributed by atoms with Crippen molar-refractivity contribution in [1.82, 2.24) is 0 Å². The van der Waals surface area contributed by atoms with E-state index in [0.29, 0.717) is 35.4 Å². The average molecular weight is 450 g/mol. The highest BCUT2D eigenvalue weighted by molar-refractivity contribution is 5.82. The van der Waals surface area contributed by atoms with Crippen LogP contribution in [0.1, 0.15) is 11.1 Å². The van der Waals surface area contributed by atoms with E-state index in [1.165, 1.54) is 0 Å². The van der Waals surface area contributed by atoms with Crippen molar-refractivity contribution in [2.45, 2.75) is 13.2 Å². The van der Waals surface area contributed by atoms with Crippen LogP contribution in [0.15, 0.2) is 112 Å². The van der Waals surface area contributed by atoms with Gasteiger partial charge in [-0.2, -0.15) is 0 Å². The van der Waals surface area contributed by atoms with E-state index in [0.717, 1.165) is 16.8 Å². The monoisotopic (exact) mass is 449 g/mol. The molecule has 0 atom stereocenters. The fourth-order valence-electron chi connectivity index (χ4n) is 3.79. The van der Waals surface area contributed by atoms with E-state index < -0.39 is 11.2 Å². The molecular weight excluding hydrogens is 426 g/mol. The lowest BCUT2D eigenvalue weighted by Crippen LogP contribution is -2.05. The highest BCUT2D eigenvalue weighted by atomic mass is 16.5. The maximum atomic E-state index is 12.7. The van der Waals surface area contributed by atoms with Crippen LogP contribution in [0, 0.1) is 0 Å². The van der Waals surface area contributed by atoms with Gasteiger partial charge in [0, 0.05) is 12.1 Å². The molecule has 0 aliphatic rings. The Hall–Kier alpha value is -4.51. The minimum Gasteiger partial charge on any atom is -0.502 e. The standard InChI is InChI=1S/C29H23NO4/c31-27-23-13-7-8-14-25(23)34-29(28(27)32)22-15-16-26(33-19-21-11-5-2-6-12-21)24(17-22)30-18-20-9-3-1-4-10-20/h1-17,30,32H,18-19H2. The van der Waals surface area contributed by atoms with Crippen LogP contribution in [-0.4, -0.2) is 5.11 Å². The van der Waals surface area contributed by atoms with Gasteiger partial charge in [-0.25, -0.2) is 0 Å². The molecule has 0 fully saturated rings. The van der Waals surface area contributed by atoms with Crippen molar-refractivity contribution < 1.29 is 14.3 Å². The quantitative estimate of drug-likeness (QED) is 0.303. The Morgan fingerprint density at radius 2 is 1.47 bits per heavy atom. The van der Waals surface area contributed by atoms with Crippen LogP contribution in [0.25, 0.3) is 22.3 Å². The van der Waals surface area contributed by atoms with Crippen LogP contribution < -0.4 is 15.5 Å². The van der Waals surface area contributed by atoms with E-state index in [9.17, 15) is 9.90 Å². The fraction of sp³-hybridized carbons (Fsp3) is 0.0690. The summed E-state index contributed by atoms with van der Waals surface area (Å²) in [6, 6.07) is 32.3. The number of anilines is 1. The topological polar surface area (TPSA) is 71.7 Å². The molecule has 0 unspecified atom stereocenters. The molecule has 0 aliphatic heterocycles. The zero-order valence-corrected chi connectivity index (χ0v) is 18.4. The first-order valence-electron chi connectivity index (χ1n) is 11.0. The minimum absolute atomic E-state index is 0.126. The van der Waals surface area contributed by atoms with Crippen LogP contribution in [-0.2, 0) is 13.2 Å². The smallest absolute Gasteiger partial charge is 0.235 e. The minimum atomic E-state index is -0.458. The molecule has 0 spiro atoms. The predicted molar refractivity (Wildman–Crippen MR) is 134 cm³/mol. The van der Waals surface area contributed by atoms with Crippen LogP contribution in [0.3, 0.4) is 0 Å². The molecule has 4 aromatic carbocycles. The summed E-state index contributed by atoms with van der Waals surface area (Å²) in [6.07, 6.45) is 0. The second-order valence-corrected chi connectivity index (χ2v) is 7.93. The van der Waals surface area contributed by atoms with Gasteiger partial charge in [0.2, 0.25) is 11.2 Å². The Labute approximate surface area is 196 Å². The molecule has 5 aromatic rings. The zero-order chi connectivity index (χ0) is 23.3. The van der Waals surface area contributed by atoms with Crippen molar-refractivity contribution in [3.8, 4) is 22.8 Å². The molecule has 1 heterocycles. The maximum absolute atomic E-state index is 12.7. The number of fused-ring (bicyclic) bond motifs is 1. The van der Waals surface area contributed by atoms with Gasteiger partial charge in [0.15, 0.2) is 5.76 Å². The van der Waals surface area contributed by atoms with Gasteiger partial charge in [0.05, 0.1) is 11.1 Å². The molecule has 0 saturated heterocycles. The number of para-hydroxylation sites is 1. The largest absolute Gasteiger partial charge is 0.502 e. The lowest BCUT2D eigenvalue weighted by atomic mass is 10.1. The van der Waals surface area contributed by atoms with Gasteiger partial charge in [-0.3, -0.25) is 4.79 Å². The highest BCUT2D eigenvalue weighted by Crippen LogP contribution is 2.35. The Morgan fingerprint density at radius 1 is 0.794 bits per heavy atom. The Kier molecular flexibility index (Phi) is 5.99. The first kappa shape index (κ1) is 21.3. The van der Waals surface area contributed by atoms with Crippen LogP contribution in [0.4, 0.5) is 5.69 Å². The molecule has 0 radical (unpaired) electrons. The lowest BCUT2D eigenvalue weighted by molar-refractivity contribution is 0.307. The second kappa shape index (κ2) is 9.55. The number of hydrogen-bond donors (Lipinski definition) is 2. The number of nitrogens with one attached hydrogen (secondary N) is 1. The summed E-state index contributed by atoms with van der Waals surface area (Å²) in [4.78, 5) is 12.7. The number of aromatic hydroxyl groups is 1.